The molecule has 64 valence electrons. The molecule has 2 fully saturated rings. The fourth-order valence-corrected chi connectivity index (χ4v) is 3.76. The fraction of sp³-hybridized carbons (Fsp3) is 1.00. The number of rotatable bonds is 0. The van der Waals surface area contributed by atoms with Crippen molar-refractivity contribution in [1.29, 1.82) is 0 Å². The van der Waals surface area contributed by atoms with Gasteiger partial charge in [0, 0.05) is 12.1 Å². The average Bonchev–Trinajstić information content (AvgIpc) is 2.45. The maximum Gasteiger partial charge on any atom is 0.155 e. The van der Waals surface area contributed by atoms with E-state index < -0.39 is 0 Å². The highest BCUT2D eigenvalue weighted by Crippen LogP contribution is 2.52. The zero-order chi connectivity index (χ0) is 8.11. The Kier molecular flexibility index (Phi) is 1.60. The lowest BCUT2D eigenvalue weighted by atomic mass is 9.88. The third-order valence-corrected chi connectivity index (χ3v) is 4.79. The Morgan fingerprint density at radius 1 is 1.36 bits per heavy atom. The molecule has 1 spiro atoms. The second-order valence-corrected chi connectivity index (χ2v) is 5.60. The zero-order valence-corrected chi connectivity index (χ0v) is 8.79. The van der Waals surface area contributed by atoms with E-state index in [0.717, 1.165) is 5.66 Å². The Morgan fingerprint density at radius 3 is 2.36 bits per heavy atom. The monoisotopic (exact) mass is 172 g/mol. The Labute approximate surface area is 71.9 Å². The van der Waals surface area contributed by atoms with Gasteiger partial charge in [0.1, 0.15) is 6.54 Å². The van der Waals surface area contributed by atoms with Gasteiger partial charge in [-0.2, -0.15) is 0 Å². The van der Waals surface area contributed by atoms with Gasteiger partial charge in [0.15, 0.2) is 5.54 Å². The topological polar surface area (TPSA) is 0 Å². The molecule has 2 rings (SSSR count). The molecule has 3 unspecified atom stereocenters. The molecule has 2 heteroatoms. The summed E-state index contributed by atoms with van der Waals surface area (Å²) in [6.45, 7) is 1.42. The maximum atomic E-state index is 3.06. The van der Waals surface area contributed by atoms with Crippen molar-refractivity contribution in [3.05, 3.63) is 0 Å². The van der Waals surface area contributed by atoms with Crippen molar-refractivity contribution < 1.29 is 4.48 Å². The van der Waals surface area contributed by atoms with Crippen LogP contribution in [0.4, 0.5) is 0 Å². The summed E-state index contributed by atoms with van der Waals surface area (Å²) in [5, 5.41) is 0. The first-order chi connectivity index (χ1) is 5.08. The fourth-order valence-electron chi connectivity index (χ4n) is 2.85. The van der Waals surface area contributed by atoms with Crippen molar-refractivity contribution in [2.24, 2.45) is 0 Å². The molecule has 2 aliphatic rings. The van der Waals surface area contributed by atoms with Crippen molar-refractivity contribution in [3.8, 4) is 0 Å². The minimum absolute atomic E-state index is 0.683. The summed E-state index contributed by atoms with van der Waals surface area (Å²) >= 11 is 0. The van der Waals surface area contributed by atoms with Gasteiger partial charge in [-0.05, 0) is 12.8 Å². The van der Waals surface area contributed by atoms with Crippen LogP contribution in [0.5, 0.6) is 0 Å². The van der Waals surface area contributed by atoms with E-state index in [0.29, 0.717) is 5.54 Å². The average molecular weight is 172 g/mol. The van der Waals surface area contributed by atoms with E-state index >= 15 is 0 Å². The number of quaternary nitrogens is 1. The minimum Gasteiger partial charge on any atom is -0.313 e. The normalized spacial score (nSPS) is 47.7. The van der Waals surface area contributed by atoms with Crippen LogP contribution in [0.1, 0.15) is 25.7 Å². The van der Waals surface area contributed by atoms with Gasteiger partial charge in [0.25, 0.3) is 0 Å². The predicted octanol–water partition coefficient (Wildman–Crippen LogP) is 1.63. The highest BCUT2D eigenvalue weighted by atomic mass is 31.0. The highest BCUT2D eigenvalue weighted by Gasteiger charge is 2.67. The van der Waals surface area contributed by atoms with Gasteiger partial charge in [-0.3, -0.25) is 0 Å². The lowest BCUT2D eigenvalue weighted by molar-refractivity contribution is -0.787. The lowest BCUT2D eigenvalue weighted by Gasteiger charge is -2.28. The summed E-state index contributed by atoms with van der Waals surface area (Å²) in [6.07, 6.45) is 5.82. The van der Waals surface area contributed by atoms with E-state index in [9.17, 15) is 0 Å². The predicted molar refractivity (Wildman–Crippen MR) is 51.7 cm³/mol. The summed E-state index contributed by atoms with van der Waals surface area (Å²) in [5.74, 6) is 0. The van der Waals surface area contributed by atoms with Crippen LogP contribution >= 0.6 is 9.24 Å². The smallest absolute Gasteiger partial charge is 0.155 e. The summed E-state index contributed by atoms with van der Waals surface area (Å²) in [5.41, 5.74) is 1.58. The summed E-state index contributed by atoms with van der Waals surface area (Å²) in [4.78, 5) is 0. The SMILES string of the molecule is C[N+]1(C)CC12CCCCC2P. The standard InChI is InChI=1S/C9H19NP/c1-10(2)7-9(10)6-4-3-5-8(9)11/h8H,3-7,11H2,1-2H3/q+1. The van der Waals surface area contributed by atoms with Crippen LogP contribution in [0.3, 0.4) is 0 Å². The molecule has 0 N–H and O–H groups in total. The van der Waals surface area contributed by atoms with Crippen molar-refractivity contribution in [3.63, 3.8) is 0 Å². The van der Waals surface area contributed by atoms with Crippen LogP contribution in [0, 0.1) is 0 Å². The zero-order valence-electron chi connectivity index (χ0n) is 7.64. The van der Waals surface area contributed by atoms with Gasteiger partial charge in [-0.25, -0.2) is 0 Å². The number of hydrogen-bond acceptors (Lipinski definition) is 0. The van der Waals surface area contributed by atoms with Crippen molar-refractivity contribution >= 4 is 9.24 Å². The molecule has 0 aromatic rings. The summed E-state index contributed by atoms with van der Waals surface area (Å²) < 4.78 is 1.28. The molecule has 1 heterocycles. The van der Waals surface area contributed by atoms with E-state index in [-0.39, 0.29) is 0 Å². The molecular weight excluding hydrogens is 153 g/mol. The Bertz CT molecular complexity index is 178. The molecule has 0 aromatic carbocycles. The molecule has 0 radical (unpaired) electrons. The molecule has 3 atom stereocenters. The Morgan fingerprint density at radius 2 is 2.00 bits per heavy atom. The van der Waals surface area contributed by atoms with E-state index in [1.807, 2.05) is 0 Å². The van der Waals surface area contributed by atoms with Crippen molar-refractivity contribution in [1.82, 2.24) is 0 Å². The number of hydrogen-bond donors (Lipinski definition) is 0. The third kappa shape index (κ3) is 0.975. The number of likely N-dealkylation sites (N-methyl/N-ethyl adjacent to an activating group) is 1. The molecule has 0 bridgehead atoms. The largest absolute Gasteiger partial charge is 0.313 e. The first-order valence-corrected chi connectivity index (χ1v) is 5.34. The molecule has 1 aliphatic heterocycles. The van der Waals surface area contributed by atoms with Crippen molar-refractivity contribution in [2.75, 3.05) is 20.6 Å². The number of nitrogens with zero attached hydrogens (tertiary/aromatic N) is 1. The van der Waals surface area contributed by atoms with Crippen LogP contribution in [-0.4, -0.2) is 36.3 Å². The van der Waals surface area contributed by atoms with Crippen LogP contribution < -0.4 is 0 Å². The van der Waals surface area contributed by atoms with Crippen molar-refractivity contribution in [2.45, 2.75) is 36.9 Å². The van der Waals surface area contributed by atoms with E-state index in [4.69, 9.17) is 0 Å². The summed E-state index contributed by atoms with van der Waals surface area (Å²) in [6, 6.07) is 0. The lowest BCUT2D eigenvalue weighted by Crippen LogP contribution is -2.38. The van der Waals surface area contributed by atoms with E-state index in [2.05, 4.69) is 23.3 Å². The second kappa shape index (κ2) is 2.20. The van der Waals surface area contributed by atoms with Gasteiger partial charge >= 0.3 is 0 Å². The van der Waals surface area contributed by atoms with Gasteiger partial charge in [0.05, 0.1) is 14.1 Å². The molecule has 1 aliphatic carbocycles. The quantitative estimate of drug-likeness (QED) is 0.296. The first kappa shape index (κ1) is 8.01. The highest BCUT2D eigenvalue weighted by molar-refractivity contribution is 7.17. The van der Waals surface area contributed by atoms with Gasteiger partial charge in [0.2, 0.25) is 0 Å². The van der Waals surface area contributed by atoms with E-state index in [1.54, 1.807) is 0 Å². The molecule has 1 saturated heterocycles. The molecule has 0 amide bonds. The van der Waals surface area contributed by atoms with Crippen LogP contribution in [0.25, 0.3) is 0 Å². The van der Waals surface area contributed by atoms with Gasteiger partial charge in [-0.1, -0.05) is 6.42 Å². The Hall–Kier alpha value is 0.390. The molecule has 1 nitrogen and oxygen atoms in total. The van der Waals surface area contributed by atoms with Crippen LogP contribution in [0.2, 0.25) is 0 Å². The second-order valence-electron chi connectivity index (χ2n) is 4.80. The first-order valence-electron chi connectivity index (χ1n) is 4.67. The van der Waals surface area contributed by atoms with Crippen LogP contribution in [0.15, 0.2) is 0 Å². The molecule has 11 heavy (non-hydrogen) atoms. The maximum absolute atomic E-state index is 3.06. The minimum atomic E-state index is 0.683. The summed E-state index contributed by atoms with van der Waals surface area (Å²) in [7, 11) is 7.82. The van der Waals surface area contributed by atoms with Gasteiger partial charge < -0.3 is 4.48 Å². The molecule has 0 aromatic heterocycles. The van der Waals surface area contributed by atoms with Crippen LogP contribution in [-0.2, 0) is 0 Å². The third-order valence-electron chi connectivity index (χ3n) is 3.84. The van der Waals surface area contributed by atoms with Gasteiger partial charge in [-0.15, -0.1) is 9.24 Å². The molecule has 1 saturated carbocycles. The Balaban J connectivity index is 2.13. The molecular formula is C9H19NP+. The van der Waals surface area contributed by atoms with E-state index in [1.165, 1.54) is 36.7 Å².